The fraction of sp³-hybridized carbons (Fsp3) is 0.500. The molecule has 2 atom stereocenters. The molecule has 0 aliphatic carbocycles. The highest BCUT2D eigenvalue weighted by molar-refractivity contribution is 5.87. The van der Waals surface area contributed by atoms with Crippen molar-refractivity contribution in [2.24, 2.45) is 0 Å². The molecule has 3 heteroatoms. The van der Waals surface area contributed by atoms with Crippen molar-refractivity contribution < 1.29 is 9.90 Å². The Bertz CT molecular complexity index is 406. The predicted octanol–water partition coefficient (Wildman–Crippen LogP) is 2.63. The first-order valence-corrected chi connectivity index (χ1v) is 6.15. The summed E-state index contributed by atoms with van der Waals surface area (Å²) in [7, 11) is 0. The number of aromatic carboxylic acids is 1. The lowest BCUT2D eigenvalue weighted by molar-refractivity contribution is 0.0696. The maximum Gasteiger partial charge on any atom is 0.335 e. The summed E-state index contributed by atoms with van der Waals surface area (Å²) in [6.45, 7) is 4.37. The molecule has 2 unspecified atom stereocenters. The highest BCUT2D eigenvalue weighted by atomic mass is 16.4. The van der Waals surface area contributed by atoms with Crippen LogP contribution in [0.2, 0.25) is 0 Å². The maximum absolute atomic E-state index is 11.0. The molecule has 0 radical (unpaired) electrons. The van der Waals surface area contributed by atoms with Crippen LogP contribution in [0.25, 0.3) is 0 Å². The molecule has 1 fully saturated rings. The second-order valence-electron chi connectivity index (χ2n) is 5.07. The van der Waals surface area contributed by atoms with Crippen LogP contribution in [0.3, 0.4) is 0 Å². The summed E-state index contributed by atoms with van der Waals surface area (Å²) in [6.07, 6.45) is 2.15. The summed E-state index contributed by atoms with van der Waals surface area (Å²) in [5.41, 5.74) is 1.55. The van der Waals surface area contributed by atoms with Gasteiger partial charge in [-0.05, 0) is 50.3 Å². The van der Waals surface area contributed by atoms with E-state index in [1.165, 1.54) is 0 Å². The maximum atomic E-state index is 11.0. The molecular formula is C14H19NO2. The molecule has 1 aromatic carbocycles. The van der Waals surface area contributed by atoms with Gasteiger partial charge in [0.15, 0.2) is 0 Å². The quantitative estimate of drug-likeness (QED) is 0.825. The van der Waals surface area contributed by atoms with Crippen molar-refractivity contribution in [3.05, 3.63) is 35.4 Å². The first kappa shape index (κ1) is 12.1. The van der Waals surface area contributed by atoms with Gasteiger partial charge in [-0.25, -0.2) is 4.79 Å². The summed E-state index contributed by atoms with van der Waals surface area (Å²) < 4.78 is 0. The third-order valence-corrected chi connectivity index (χ3v) is 3.45. The van der Waals surface area contributed by atoms with E-state index in [1.54, 1.807) is 6.07 Å². The van der Waals surface area contributed by atoms with E-state index in [2.05, 4.69) is 19.2 Å². The van der Waals surface area contributed by atoms with E-state index in [1.807, 2.05) is 18.2 Å². The van der Waals surface area contributed by atoms with Crippen LogP contribution in [0.15, 0.2) is 24.3 Å². The number of rotatable bonds is 2. The number of carboxylic acid groups (broad SMARTS) is 1. The fourth-order valence-electron chi connectivity index (χ4n) is 2.77. The average Bonchev–Trinajstić information content (AvgIpc) is 2.28. The lowest BCUT2D eigenvalue weighted by Gasteiger charge is -2.33. The predicted molar refractivity (Wildman–Crippen MR) is 67.4 cm³/mol. The minimum Gasteiger partial charge on any atom is -0.478 e. The molecule has 17 heavy (non-hydrogen) atoms. The number of hydrogen-bond donors (Lipinski definition) is 2. The van der Waals surface area contributed by atoms with Gasteiger partial charge in [0.2, 0.25) is 0 Å². The molecule has 0 aromatic heterocycles. The highest BCUT2D eigenvalue weighted by Gasteiger charge is 2.24. The van der Waals surface area contributed by atoms with Crippen LogP contribution in [0.5, 0.6) is 0 Å². The van der Waals surface area contributed by atoms with E-state index in [-0.39, 0.29) is 0 Å². The van der Waals surface area contributed by atoms with Crippen LogP contribution in [-0.4, -0.2) is 23.2 Å². The van der Waals surface area contributed by atoms with Crippen LogP contribution in [-0.2, 0) is 0 Å². The van der Waals surface area contributed by atoms with Gasteiger partial charge < -0.3 is 10.4 Å². The summed E-state index contributed by atoms with van der Waals surface area (Å²) >= 11 is 0. The Kier molecular flexibility index (Phi) is 3.48. The normalized spacial score (nSPS) is 28.9. The van der Waals surface area contributed by atoms with Gasteiger partial charge in [-0.3, -0.25) is 0 Å². The second kappa shape index (κ2) is 4.88. The van der Waals surface area contributed by atoms with Gasteiger partial charge in [0, 0.05) is 12.1 Å². The zero-order chi connectivity index (χ0) is 12.4. The number of benzene rings is 1. The van der Waals surface area contributed by atoms with Crippen LogP contribution in [0, 0.1) is 0 Å². The monoisotopic (exact) mass is 233 g/mol. The first-order chi connectivity index (χ1) is 8.06. The van der Waals surface area contributed by atoms with Crippen LogP contribution in [0.4, 0.5) is 0 Å². The van der Waals surface area contributed by atoms with Gasteiger partial charge in [-0.15, -0.1) is 0 Å². The molecule has 0 spiro atoms. The van der Waals surface area contributed by atoms with Crippen LogP contribution >= 0.6 is 0 Å². The lowest BCUT2D eigenvalue weighted by atomic mass is 9.83. The average molecular weight is 233 g/mol. The number of carboxylic acids is 1. The summed E-state index contributed by atoms with van der Waals surface area (Å²) in [5.74, 6) is -0.373. The van der Waals surface area contributed by atoms with E-state index < -0.39 is 5.97 Å². The van der Waals surface area contributed by atoms with Crippen molar-refractivity contribution in [3.63, 3.8) is 0 Å². The summed E-state index contributed by atoms with van der Waals surface area (Å²) in [5, 5.41) is 12.5. The zero-order valence-corrected chi connectivity index (χ0v) is 10.3. The molecule has 3 nitrogen and oxygen atoms in total. The minimum atomic E-state index is -0.845. The van der Waals surface area contributed by atoms with Gasteiger partial charge in [0.25, 0.3) is 0 Å². The molecule has 1 aromatic rings. The van der Waals surface area contributed by atoms with Gasteiger partial charge in [0.1, 0.15) is 0 Å². The Labute approximate surface area is 102 Å². The lowest BCUT2D eigenvalue weighted by Crippen LogP contribution is -2.41. The summed E-state index contributed by atoms with van der Waals surface area (Å²) in [6, 6.07) is 8.35. The van der Waals surface area contributed by atoms with Crippen LogP contribution < -0.4 is 5.32 Å². The number of hydrogen-bond acceptors (Lipinski definition) is 2. The van der Waals surface area contributed by atoms with E-state index >= 15 is 0 Å². The van der Waals surface area contributed by atoms with E-state index in [9.17, 15) is 4.79 Å². The Morgan fingerprint density at radius 1 is 1.29 bits per heavy atom. The molecule has 1 aliphatic rings. The highest BCUT2D eigenvalue weighted by Crippen LogP contribution is 2.30. The van der Waals surface area contributed by atoms with Crippen molar-refractivity contribution in [1.29, 1.82) is 0 Å². The molecule has 0 amide bonds. The Morgan fingerprint density at radius 2 is 1.94 bits per heavy atom. The van der Waals surface area contributed by atoms with Crippen molar-refractivity contribution in [2.45, 2.75) is 44.7 Å². The van der Waals surface area contributed by atoms with Gasteiger partial charge in [-0.2, -0.15) is 0 Å². The molecule has 2 N–H and O–H groups in total. The molecule has 1 aliphatic heterocycles. The Balaban J connectivity index is 2.21. The van der Waals surface area contributed by atoms with Crippen molar-refractivity contribution in [1.82, 2.24) is 5.32 Å². The Hall–Kier alpha value is -1.35. The van der Waals surface area contributed by atoms with E-state index in [0.717, 1.165) is 18.4 Å². The third kappa shape index (κ3) is 2.86. The SMILES string of the molecule is CC1CC(c2cccc(C(=O)O)c2)CC(C)N1. The number of piperidine rings is 1. The fourth-order valence-corrected chi connectivity index (χ4v) is 2.77. The number of nitrogens with one attached hydrogen (secondary N) is 1. The first-order valence-electron chi connectivity index (χ1n) is 6.15. The molecule has 1 heterocycles. The zero-order valence-electron chi connectivity index (χ0n) is 10.3. The van der Waals surface area contributed by atoms with E-state index in [4.69, 9.17) is 5.11 Å². The van der Waals surface area contributed by atoms with Crippen molar-refractivity contribution in [3.8, 4) is 0 Å². The van der Waals surface area contributed by atoms with Crippen LogP contribution in [0.1, 0.15) is 48.5 Å². The third-order valence-electron chi connectivity index (χ3n) is 3.45. The molecule has 0 saturated carbocycles. The molecule has 92 valence electrons. The molecule has 2 rings (SSSR count). The molecule has 1 saturated heterocycles. The minimum absolute atomic E-state index is 0.390. The van der Waals surface area contributed by atoms with Gasteiger partial charge >= 0.3 is 5.97 Å². The Morgan fingerprint density at radius 3 is 2.53 bits per heavy atom. The van der Waals surface area contributed by atoms with Gasteiger partial charge in [0.05, 0.1) is 5.56 Å². The standard InChI is InChI=1S/C14H19NO2/c1-9-6-13(7-10(2)15-9)11-4-3-5-12(8-11)14(16)17/h3-5,8-10,13,15H,6-7H2,1-2H3,(H,16,17). The second-order valence-corrected chi connectivity index (χ2v) is 5.07. The van der Waals surface area contributed by atoms with Crippen molar-refractivity contribution in [2.75, 3.05) is 0 Å². The van der Waals surface area contributed by atoms with Gasteiger partial charge in [-0.1, -0.05) is 12.1 Å². The van der Waals surface area contributed by atoms with E-state index in [0.29, 0.717) is 23.6 Å². The number of carbonyl (C=O) groups is 1. The molecule has 0 bridgehead atoms. The topological polar surface area (TPSA) is 49.3 Å². The van der Waals surface area contributed by atoms with Crippen molar-refractivity contribution >= 4 is 5.97 Å². The smallest absolute Gasteiger partial charge is 0.335 e. The molecular weight excluding hydrogens is 214 g/mol. The summed E-state index contributed by atoms with van der Waals surface area (Å²) in [4.78, 5) is 11.0. The largest absolute Gasteiger partial charge is 0.478 e.